The molecular formula is C12H12N4O3. The highest BCUT2D eigenvalue weighted by atomic mass is 16.6. The van der Waals surface area contributed by atoms with Crippen LogP contribution >= 0.6 is 0 Å². The molecular weight excluding hydrogens is 248 g/mol. The van der Waals surface area contributed by atoms with Crippen LogP contribution in [-0.4, -0.2) is 21.0 Å². The van der Waals surface area contributed by atoms with Gasteiger partial charge in [-0.05, 0) is 19.9 Å². The zero-order chi connectivity index (χ0) is 14.0. The van der Waals surface area contributed by atoms with Crippen LogP contribution in [0.5, 0.6) is 0 Å². The van der Waals surface area contributed by atoms with Gasteiger partial charge < -0.3 is 5.32 Å². The van der Waals surface area contributed by atoms with Crippen LogP contribution in [-0.2, 0) is 0 Å². The first kappa shape index (κ1) is 12.7. The normalized spacial score (nSPS) is 10.2. The maximum absolute atomic E-state index is 12.0. The van der Waals surface area contributed by atoms with Crippen molar-refractivity contribution in [3.8, 4) is 0 Å². The molecule has 0 unspecified atom stereocenters. The zero-order valence-electron chi connectivity index (χ0n) is 10.4. The zero-order valence-corrected chi connectivity index (χ0v) is 10.4. The predicted molar refractivity (Wildman–Crippen MR) is 69.1 cm³/mol. The molecule has 1 aromatic heterocycles. The molecule has 0 atom stereocenters. The number of nitro benzene ring substituents is 1. The van der Waals surface area contributed by atoms with Crippen LogP contribution in [0.3, 0.4) is 0 Å². The molecule has 0 aliphatic rings. The van der Waals surface area contributed by atoms with Gasteiger partial charge in [0, 0.05) is 29.0 Å². The Morgan fingerprint density at radius 2 is 2.16 bits per heavy atom. The molecule has 19 heavy (non-hydrogen) atoms. The lowest BCUT2D eigenvalue weighted by Gasteiger charge is -2.05. The third-order valence-corrected chi connectivity index (χ3v) is 2.69. The summed E-state index contributed by atoms with van der Waals surface area (Å²) in [5.74, 6) is -0.0406. The van der Waals surface area contributed by atoms with Gasteiger partial charge in [-0.2, -0.15) is 5.10 Å². The monoisotopic (exact) mass is 260 g/mol. The lowest BCUT2D eigenvalue weighted by molar-refractivity contribution is -0.385. The number of nitrogens with one attached hydrogen (secondary N) is 2. The molecule has 0 saturated carbocycles. The third-order valence-electron chi connectivity index (χ3n) is 2.69. The van der Waals surface area contributed by atoms with Crippen molar-refractivity contribution in [3.05, 3.63) is 51.2 Å². The Morgan fingerprint density at radius 1 is 1.42 bits per heavy atom. The van der Waals surface area contributed by atoms with Crippen LogP contribution in [0.2, 0.25) is 0 Å². The number of amides is 1. The van der Waals surface area contributed by atoms with Gasteiger partial charge in [-0.25, -0.2) is 0 Å². The number of benzene rings is 1. The molecule has 7 nitrogen and oxygen atoms in total. The van der Waals surface area contributed by atoms with Crippen LogP contribution in [0.4, 0.5) is 11.5 Å². The van der Waals surface area contributed by atoms with Crippen molar-refractivity contribution in [2.45, 2.75) is 13.8 Å². The molecule has 98 valence electrons. The van der Waals surface area contributed by atoms with Crippen molar-refractivity contribution in [1.29, 1.82) is 0 Å². The minimum atomic E-state index is -0.509. The Morgan fingerprint density at radius 3 is 2.74 bits per heavy atom. The fraction of sp³-hybridized carbons (Fsp3) is 0.167. The van der Waals surface area contributed by atoms with Crippen LogP contribution in [0, 0.1) is 24.0 Å². The number of nitro groups is 1. The number of aromatic amines is 1. The summed E-state index contributed by atoms with van der Waals surface area (Å²) in [5, 5.41) is 20.0. The fourth-order valence-electron chi connectivity index (χ4n) is 1.73. The summed E-state index contributed by atoms with van der Waals surface area (Å²) in [7, 11) is 0. The maximum atomic E-state index is 12.0. The van der Waals surface area contributed by atoms with Gasteiger partial charge in [-0.1, -0.05) is 6.07 Å². The van der Waals surface area contributed by atoms with Crippen molar-refractivity contribution in [3.63, 3.8) is 0 Å². The first-order valence-electron chi connectivity index (χ1n) is 5.56. The van der Waals surface area contributed by atoms with Crippen molar-refractivity contribution >= 4 is 17.4 Å². The first-order valence-corrected chi connectivity index (χ1v) is 5.56. The van der Waals surface area contributed by atoms with Crippen LogP contribution in [0.25, 0.3) is 0 Å². The molecule has 7 heteroatoms. The van der Waals surface area contributed by atoms with Gasteiger partial charge in [-0.15, -0.1) is 0 Å². The predicted octanol–water partition coefficient (Wildman–Crippen LogP) is 2.19. The van der Waals surface area contributed by atoms with Crippen molar-refractivity contribution in [2.75, 3.05) is 5.32 Å². The summed E-state index contributed by atoms with van der Waals surface area (Å²) in [6, 6.07) is 6.06. The number of hydrogen-bond donors (Lipinski definition) is 2. The Bertz CT molecular complexity index is 648. The van der Waals surface area contributed by atoms with E-state index in [1.54, 1.807) is 19.9 Å². The molecule has 1 amide bonds. The lowest BCUT2D eigenvalue weighted by atomic mass is 10.1. The topological polar surface area (TPSA) is 101 Å². The summed E-state index contributed by atoms with van der Waals surface area (Å²) >= 11 is 0. The molecule has 0 spiro atoms. The second-order valence-electron chi connectivity index (χ2n) is 4.10. The Kier molecular flexibility index (Phi) is 3.28. The van der Waals surface area contributed by atoms with E-state index >= 15 is 0 Å². The van der Waals surface area contributed by atoms with Crippen LogP contribution < -0.4 is 5.32 Å². The van der Waals surface area contributed by atoms with Crippen molar-refractivity contribution in [2.24, 2.45) is 0 Å². The Hall–Kier alpha value is -2.70. The summed E-state index contributed by atoms with van der Waals surface area (Å²) in [5.41, 5.74) is 1.32. The minimum Gasteiger partial charge on any atom is -0.305 e. The quantitative estimate of drug-likeness (QED) is 0.652. The maximum Gasteiger partial charge on any atom is 0.273 e. The van der Waals surface area contributed by atoms with E-state index in [0.717, 1.165) is 5.69 Å². The molecule has 0 saturated heterocycles. The van der Waals surface area contributed by atoms with Gasteiger partial charge in [-0.3, -0.25) is 20.0 Å². The summed E-state index contributed by atoms with van der Waals surface area (Å²) in [6.07, 6.45) is 0. The summed E-state index contributed by atoms with van der Waals surface area (Å²) < 4.78 is 0. The number of carbonyl (C=O) groups is 1. The molecule has 0 aliphatic heterocycles. The first-order chi connectivity index (χ1) is 8.99. The van der Waals surface area contributed by atoms with Gasteiger partial charge in [0.15, 0.2) is 5.82 Å². The number of carbonyl (C=O) groups excluding carboxylic acids is 1. The molecule has 0 radical (unpaired) electrons. The molecule has 2 N–H and O–H groups in total. The van der Waals surface area contributed by atoms with Gasteiger partial charge in [0.05, 0.1) is 4.92 Å². The molecule has 1 heterocycles. The lowest BCUT2D eigenvalue weighted by Crippen LogP contribution is -2.14. The van der Waals surface area contributed by atoms with Crippen LogP contribution in [0.1, 0.15) is 21.6 Å². The number of H-pyrrole nitrogens is 1. The third kappa shape index (κ3) is 2.59. The van der Waals surface area contributed by atoms with E-state index < -0.39 is 10.8 Å². The minimum absolute atomic E-state index is 0.0779. The molecule has 0 bridgehead atoms. The van der Waals surface area contributed by atoms with Gasteiger partial charge >= 0.3 is 0 Å². The summed E-state index contributed by atoms with van der Waals surface area (Å²) in [6.45, 7) is 3.35. The SMILES string of the molecule is Cc1cc(NC(=O)c2cccc([N+](=O)[O-])c2C)n[nH]1. The second-order valence-corrected chi connectivity index (χ2v) is 4.10. The number of nitrogens with zero attached hydrogens (tertiary/aromatic N) is 2. The van der Waals surface area contributed by atoms with Crippen LogP contribution in [0.15, 0.2) is 24.3 Å². The van der Waals surface area contributed by atoms with E-state index in [4.69, 9.17) is 0 Å². The standard InChI is InChI=1S/C12H12N4O3/c1-7-6-11(15-14-7)13-12(17)9-4-3-5-10(8(9)2)16(18)19/h3-6H,1-2H3,(H2,13,14,15,17). The van der Waals surface area contributed by atoms with E-state index in [1.165, 1.54) is 18.2 Å². The molecule has 2 rings (SSSR count). The largest absolute Gasteiger partial charge is 0.305 e. The molecule has 0 aliphatic carbocycles. The highest BCUT2D eigenvalue weighted by Crippen LogP contribution is 2.21. The highest BCUT2D eigenvalue weighted by molar-refractivity contribution is 6.05. The fourth-order valence-corrected chi connectivity index (χ4v) is 1.73. The van der Waals surface area contributed by atoms with E-state index in [-0.39, 0.29) is 11.3 Å². The number of anilines is 1. The number of aryl methyl sites for hydroxylation is 1. The highest BCUT2D eigenvalue weighted by Gasteiger charge is 2.18. The average molecular weight is 260 g/mol. The second kappa shape index (κ2) is 4.89. The van der Waals surface area contributed by atoms with E-state index in [1.807, 2.05) is 0 Å². The van der Waals surface area contributed by atoms with E-state index in [0.29, 0.717) is 11.4 Å². The Balaban J connectivity index is 2.29. The molecule has 0 fully saturated rings. The smallest absolute Gasteiger partial charge is 0.273 e. The number of aromatic nitrogens is 2. The Labute approximate surface area is 108 Å². The van der Waals surface area contributed by atoms with Crippen molar-refractivity contribution < 1.29 is 9.72 Å². The number of rotatable bonds is 3. The average Bonchev–Trinajstić information content (AvgIpc) is 2.74. The number of hydrogen-bond acceptors (Lipinski definition) is 4. The molecule has 1 aromatic carbocycles. The van der Waals surface area contributed by atoms with E-state index in [2.05, 4.69) is 15.5 Å². The van der Waals surface area contributed by atoms with Crippen molar-refractivity contribution in [1.82, 2.24) is 10.2 Å². The van der Waals surface area contributed by atoms with Gasteiger partial charge in [0.25, 0.3) is 11.6 Å². The summed E-state index contributed by atoms with van der Waals surface area (Å²) in [4.78, 5) is 22.3. The molecule has 2 aromatic rings. The van der Waals surface area contributed by atoms with Gasteiger partial charge in [0.2, 0.25) is 0 Å². The van der Waals surface area contributed by atoms with E-state index in [9.17, 15) is 14.9 Å². The van der Waals surface area contributed by atoms with Gasteiger partial charge in [0.1, 0.15) is 0 Å².